The van der Waals surface area contributed by atoms with Gasteiger partial charge in [-0.15, -0.1) is 0 Å². The Morgan fingerprint density at radius 1 is 0.880 bits per heavy atom. The van der Waals surface area contributed by atoms with Crippen LogP contribution in [0.5, 0.6) is 0 Å². The van der Waals surface area contributed by atoms with E-state index in [0.29, 0.717) is 24.2 Å². The summed E-state index contributed by atoms with van der Waals surface area (Å²) in [5.74, 6) is -0.673. The summed E-state index contributed by atoms with van der Waals surface area (Å²) in [6.07, 6.45) is 0. The van der Waals surface area contributed by atoms with Crippen molar-refractivity contribution < 1.29 is 9.59 Å². The van der Waals surface area contributed by atoms with E-state index in [9.17, 15) is 9.59 Å². The van der Waals surface area contributed by atoms with E-state index >= 15 is 0 Å². The van der Waals surface area contributed by atoms with Crippen LogP contribution >= 0.6 is 11.6 Å². The van der Waals surface area contributed by atoms with Crippen LogP contribution in [0.1, 0.15) is 29.8 Å². The van der Waals surface area contributed by atoms with E-state index < -0.39 is 0 Å². The number of amides is 2. The van der Waals surface area contributed by atoms with Crippen LogP contribution in [-0.4, -0.2) is 29.8 Å². The van der Waals surface area contributed by atoms with Crippen molar-refractivity contribution >= 4 is 28.4 Å². The number of carbonyl (C=O) groups is 2. The van der Waals surface area contributed by atoms with E-state index in [2.05, 4.69) is 5.32 Å². The van der Waals surface area contributed by atoms with Crippen molar-refractivity contribution in [3.05, 3.63) is 77.5 Å². The summed E-state index contributed by atoms with van der Waals surface area (Å²) in [4.78, 5) is 27.0. The number of likely N-dealkylation sites (N-methyl/N-ethyl adjacent to an activating group) is 1. The van der Waals surface area contributed by atoms with Gasteiger partial charge in [-0.05, 0) is 31.5 Å². The number of halogens is 1. The molecule has 0 bridgehead atoms. The first-order valence-corrected chi connectivity index (χ1v) is 8.57. The summed E-state index contributed by atoms with van der Waals surface area (Å²) >= 11 is 6.47. The molecule has 2 rings (SSSR count). The fraction of sp³-hybridized carbons (Fsp3) is 0.200. The van der Waals surface area contributed by atoms with Gasteiger partial charge in [0.05, 0.1) is 5.03 Å². The molecule has 0 fully saturated rings. The number of hydrogen-bond donors (Lipinski definition) is 1. The average molecular weight is 357 g/mol. The Bertz CT molecular complexity index is 754. The molecule has 25 heavy (non-hydrogen) atoms. The van der Waals surface area contributed by atoms with Gasteiger partial charge in [-0.2, -0.15) is 0 Å². The van der Waals surface area contributed by atoms with Gasteiger partial charge in [0.1, 0.15) is 5.70 Å². The summed E-state index contributed by atoms with van der Waals surface area (Å²) in [6, 6.07) is 17.8. The summed E-state index contributed by atoms with van der Waals surface area (Å²) in [6.45, 7) is 4.82. The molecule has 0 spiro atoms. The molecule has 2 aromatic rings. The summed E-state index contributed by atoms with van der Waals surface area (Å²) in [7, 11) is 0. The zero-order valence-corrected chi connectivity index (χ0v) is 15.1. The number of benzene rings is 2. The molecule has 1 N–H and O–H groups in total. The topological polar surface area (TPSA) is 49.4 Å². The third kappa shape index (κ3) is 4.70. The van der Waals surface area contributed by atoms with Crippen molar-refractivity contribution in [2.75, 3.05) is 13.1 Å². The van der Waals surface area contributed by atoms with Gasteiger partial charge in [0.25, 0.3) is 11.8 Å². The van der Waals surface area contributed by atoms with Gasteiger partial charge < -0.3 is 10.2 Å². The molecule has 0 aliphatic heterocycles. The number of hydrogen-bond acceptors (Lipinski definition) is 2. The summed E-state index contributed by atoms with van der Waals surface area (Å²) in [5, 5.41) is 2.92. The quantitative estimate of drug-likeness (QED) is 0.798. The molecule has 5 heteroatoms. The van der Waals surface area contributed by atoms with Gasteiger partial charge in [-0.1, -0.05) is 60.1 Å². The predicted molar refractivity (Wildman–Crippen MR) is 101 cm³/mol. The second-order valence-corrected chi connectivity index (χ2v) is 5.73. The van der Waals surface area contributed by atoms with E-state index in [4.69, 9.17) is 11.6 Å². The normalized spacial score (nSPS) is 11.5. The molecular weight excluding hydrogens is 336 g/mol. The largest absolute Gasteiger partial charge is 0.338 e. The first-order chi connectivity index (χ1) is 12.1. The fourth-order valence-electron chi connectivity index (χ4n) is 2.38. The highest BCUT2D eigenvalue weighted by Crippen LogP contribution is 2.23. The van der Waals surface area contributed by atoms with Gasteiger partial charge in [0.2, 0.25) is 0 Å². The zero-order chi connectivity index (χ0) is 18.2. The van der Waals surface area contributed by atoms with Crippen LogP contribution in [0.15, 0.2) is 66.4 Å². The van der Waals surface area contributed by atoms with Gasteiger partial charge in [0, 0.05) is 18.7 Å². The molecule has 0 aromatic heterocycles. The van der Waals surface area contributed by atoms with E-state index in [0.717, 1.165) is 0 Å². The highest BCUT2D eigenvalue weighted by atomic mass is 35.5. The van der Waals surface area contributed by atoms with Gasteiger partial charge in [-0.25, -0.2) is 0 Å². The van der Waals surface area contributed by atoms with E-state index in [1.165, 1.54) is 0 Å². The van der Waals surface area contributed by atoms with Crippen molar-refractivity contribution in [3.8, 4) is 0 Å². The summed E-state index contributed by atoms with van der Waals surface area (Å²) < 4.78 is 0. The molecule has 130 valence electrons. The Labute approximate surface area is 153 Å². The lowest BCUT2D eigenvalue weighted by atomic mass is 10.1. The van der Waals surface area contributed by atoms with Crippen LogP contribution in [0.25, 0.3) is 5.03 Å². The van der Waals surface area contributed by atoms with Gasteiger partial charge >= 0.3 is 0 Å². The van der Waals surface area contributed by atoms with Crippen molar-refractivity contribution in [2.45, 2.75) is 13.8 Å². The maximum Gasteiger partial charge on any atom is 0.271 e. The van der Waals surface area contributed by atoms with Crippen LogP contribution in [-0.2, 0) is 4.79 Å². The van der Waals surface area contributed by atoms with Crippen LogP contribution < -0.4 is 5.32 Å². The second-order valence-electron chi connectivity index (χ2n) is 5.35. The molecule has 0 aliphatic rings. The SMILES string of the molecule is CCN(CC)C(=O)/C(NC(=O)c1ccccc1)=C(\Cl)c1ccccc1. The van der Waals surface area contributed by atoms with Crippen molar-refractivity contribution in [3.63, 3.8) is 0 Å². The molecule has 0 atom stereocenters. The molecule has 4 nitrogen and oxygen atoms in total. The van der Waals surface area contributed by atoms with E-state index in [1.54, 1.807) is 41.3 Å². The minimum absolute atomic E-state index is 0.0884. The van der Waals surface area contributed by atoms with Crippen LogP contribution in [0.2, 0.25) is 0 Å². The fourth-order valence-corrected chi connectivity index (χ4v) is 2.63. The Balaban J connectivity index is 2.42. The zero-order valence-electron chi connectivity index (χ0n) is 14.3. The Hall–Kier alpha value is -2.59. The Morgan fingerprint density at radius 2 is 1.36 bits per heavy atom. The van der Waals surface area contributed by atoms with E-state index in [1.807, 2.05) is 38.1 Å². The predicted octanol–water partition coefficient (Wildman–Crippen LogP) is 3.89. The molecule has 0 saturated heterocycles. The van der Waals surface area contributed by atoms with Gasteiger partial charge in [0.15, 0.2) is 0 Å². The number of rotatable bonds is 6. The first-order valence-electron chi connectivity index (χ1n) is 8.19. The first kappa shape index (κ1) is 18.7. The third-order valence-electron chi connectivity index (χ3n) is 3.79. The van der Waals surface area contributed by atoms with Crippen LogP contribution in [0.3, 0.4) is 0 Å². The van der Waals surface area contributed by atoms with Crippen LogP contribution in [0, 0.1) is 0 Å². The lowest BCUT2D eigenvalue weighted by Gasteiger charge is -2.22. The molecular formula is C20H21ClN2O2. The number of carbonyl (C=O) groups excluding carboxylic acids is 2. The van der Waals surface area contributed by atoms with Crippen molar-refractivity contribution in [1.29, 1.82) is 0 Å². The number of nitrogens with zero attached hydrogens (tertiary/aromatic N) is 1. The highest BCUT2D eigenvalue weighted by Gasteiger charge is 2.22. The lowest BCUT2D eigenvalue weighted by molar-refractivity contribution is -0.127. The monoisotopic (exact) mass is 356 g/mol. The Kier molecular flexibility index (Phi) is 6.78. The van der Waals surface area contributed by atoms with Crippen molar-refractivity contribution in [1.82, 2.24) is 10.2 Å². The molecule has 0 heterocycles. The molecule has 2 aromatic carbocycles. The molecule has 0 unspecified atom stereocenters. The Morgan fingerprint density at radius 3 is 1.84 bits per heavy atom. The molecule has 0 saturated carbocycles. The lowest BCUT2D eigenvalue weighted by Crippen LogP contribution is -2.38. The number of nitrogens with one attached hydrogen (secondary N) is 1. The molecule has 0 radical (unpaired) electrons. The minimum atomic E-state index is -0.370. The average Bonchev–Trinajstić information content (AvgIpc) is 2.67. The molecule has 2 amide bonds. The second kappa shape index (κ2) is 9.04. The smallest absolute Gasteiger partial charge is 0.271 e. The standard InChI is InChI=1S/C20H21ClN2O2/c1-3-23(4-2)20(25)18(17(21)15-11-7-5-8-12-15)22-19(24)16-13-9-6-10-14-16/h5-14H,3-4H2,1-2H3,(H,22,24)/b18-17+. The van der Waals surface area contributed by atoms with E-state index in [-0.39, 0.29) is 22.5 Å². The highest BCUT2D eigenvalue weighted by molar-refractivity contribution is 6.51. The van der Waals surface area contributed by atoms with Crippen molar-refractivity contribution in [2.24, 2.45) is 0 Å². The maximum atomic E-state index is 12.9. The van der Waals surface area contributed by atoms with Crippen LogP contribution in [0.4, 0.5) is 0 Å². The van der Waals surface area contributed by atoms with Gasteiger partial charge in [-0.3, -0.25) is 9.59 Å². The maximum absolute atomic E-state index is 12.9. The third-order valence-corrected chi connectivity index (χ3v) is 4.19. The minimum Gasteiger partial charge on any atom is -0.338 e. The molecule has 0 aliphatic carbocycles. The summed E-state index contributed by atoms with van der Waals surface area (Å²) in [5.41, 5.74) is 1.23.